The number of fused-ring (bicyclic) bond motifs is 4. The number of hydrogen-bond acceptors (Lipinski definition) is 4. The first kappa shape index (κ1) is 38.6. The van der Waals surface area contributed by atoms with Crippen LogP contribution in [0.3, 0.4) is 0 Å². The predicted octanol–water partition coefficient (Wildman–Crippen LogP) is 13.1. The smallest absolute Gasteiger partial charge is 0.104 e. The van der Waals surface area contributed by atoms with Crippen molar-refractivity contribution in [3.05, 3.63) is 252 Å². The Hall–Kier alpha value is -7.34. The highest BCUT2D eigenvalue weighted by Crippen LogP contribution is 2.39. The van der Waals surface area contributed by atoms with Gasteiger partial charge in [-0.15, -0.1) is 0 Å². The van der Waals surface area contributed by atoms with Crippen LogP contribution >= 0.6 is 0 Å². The first-order chi connectivity index (χ1) is 31.1. The van der Waals surface area contributed by atoms with Gasteiger partial charge in [0.1, 0.15) is 6.17 Å². The summed E-state index contributed by atoms with van der Waals surface area (Å²) in [5, 5.41) is 19.0. The highest BCUT2D eigenvalue weighted by Gasteiger charge is 2.29. The number of rotatable bonds is 8. The molecule has 4 unspecified atom stereocenters. The summed E-state index contributed by atoms with van der Waals surface area (Å²) in [6, 6.07) is 61.3. The van der Waals surface area contributed by atoms with Gasteiger partial charge in [-0.05, 0) is 94.9 Å². The molecule has 11 rings (SSSR count). The Bertz CT molecular complexity index is 3220. The Morgan fingerprint density at radius 2 is 1.13 bits per heavy atom. The number of nitrogens with one attached hydrogen (secondary N) is 3. The zero-order chi connectivity index (χ0) is 42.3. The Labute approximate surface area is 369 Å². The number of benzene rings is 8. The third-order valence-electron chi connectivity index (χ3n) is 13.1. The third kappa shape index (κ3) is 7.24. The topological polar surface area (TPSA) is 62.1 Å². The molecule has 0 saturated heterocycles. The molecular weight excluding hydrogens is 765 g/mol. The maximum Gasteiger partial charge on any atom is 0.104 e. The van der Waals surface area contributed by atoms with Gasteiger partial charge in [-0.1, -0.05) is 218 Å². The van der Waals surface area contributed by atoms with E-state index in [2.05, 4.69) is 241 Å². The highest BCUT2D eigenvalue weighted by molar-refractivity contribution is 6.02. The minimum absolute atomic E-state index is 0.0649. The maximum absolute atomic E-state index is 6.94. The SMILES string of the molecule is C/C(=C1/C=CC=CC1NC(N)c1ccc(-c2cccc3ccccc23)cc1)c1ccc(C2=C3C=CC=CC3NC(c3ccc(-c4cccc5ccccc45)cc3)N2)c2ccccc12. The van der Waals surface area contributed by atoms with Gasteiger partial charge in [-0.2, -0.15) is 0 Å². The number of nitrogens with two attached hydrogens (primary N) is 1. The lowest BCUT2D eigenvalue weighted by atomic mass is 9.86. The summed E-state index contributed by atoms with van der Waals surface area (Å²) in [5.74, 6) is 0. The molecule has 1 aliphatic heterocycles. The van der Waals surface area contributed by atoms with Crippen molar-refractivity contribution in [3.63, 3.8) is 0 Å². The molecule has 4 atom stereocenters. The van der Waals surface area contributed by atoms with Crippen LogP contribution in [0.1, 0.15) is 41.5 Å². The van der Waals surface area contributed by atoms with Gasteiger partial charge in [0.2, 0.25) is 0 Å². The van der Waals surface area contributed by atoms with Crippen LogP contribution in [0.4, 0.5) is 0 Å². The van der Waals surface area contributed by atoms with Gasteiger partial charge in [0.25, 0.3) is 0 Å². The van der Waals surface area contributed by atoms with Crippen molar-refractivity contribution in [3.8, 4) is 22.3 Å². The van der Waals surface area contributed by atoms with Gasteiger partial charge in [0.15, 0.2) is 0 Å². The Kier molecular flexibility index (Phi) is 10.1. The van der Waals surface area contributed by atoms with Gasteiger partial charge in [-0.3, -0.25) is 10.6 Å². The number of allylic oxidation sites excluding steroid dienone is 5. The van der Waals surface area contributed by atoms with Crippen molar-refractivity contribution in [2.75, 3.05) is 0 Å². The highest BCUT2D eigenvalue weighted by atomic mass is 15.2. The van der Waals surface area contributed by atoms with E-state index in [0.717, 1.165) is 11.3 Å². The fourth-order valence-corrected chi connectivity index (χ4v) is 9.80. The largest absolute Gasteiger partial charge is 0.365 e. The molecule has 0 amide bonds. The van der Waals surface area contributed by atoms with Crippen molar-refractivity contribution >= 4 is 43.6 Å². The summed E-state index contributed by atoms with van der Waals surface area (Å²) >= 11 is 0. The van der Waals surface area contributed by atoms with Crippen LogP contribution in [0.25, 0.3) is 65.8 Å². The second-order valence-corrected chi connectivity index (χ2v) is 16.7. The van der Waals surface area contributed by atoms with Gasteiger partial charge in [0, 0.05) is 11.3 Å². The maximum atomic E-state index is 6.94. The molecule has 0 saturated carbocycles. The molecule has 0 aromatic heterocycles. The van der Waals surface area contributed by atoms with Gasteiger partial charge >= 0.3 is 0 Å². The molecular formula is C59H48N4. The summed E-state index contributed by atoms with van der Waals surface area (Å²) in [7, 11) is 0. The average Bonchev–Trinajstić information content (AvgIpc) is 3.35. The summed E-state index contributed by atoms with van der Waals surface area (Å²) in [5.41, 5.74) is 21.2. The van der Waals surface area contributed by atoms with Crippen LogP contribution in [-0.2, 0) is 0 Å². The van der Waals surface area contributed by atoms with E-state index in [-0.39, 0.29) is 24.4 Å². The zero-order valence-corrected chi connectivity index (χ0v) is 35.2. The molecule has 8 aromatic carbocycles. The van der Waals surface area contributed by atoms with Crippen molar-refractivity contribution in [2.24, 2.45) is 5.73 Å². The standard InChI is InChI=1S/C59H48N4/c1-38(46-18-8-10-26-55(46)61-58(60)43-32-28-41(29-33-43)49-24-12-16-39-14-2-4-19-47(39)49)45-36-37-53(52-22-7-6-21-51(45)52)57-54-23-9-11-27-56(54)62-59(63-57)44-34-30-42(31-35-44)50-25-13-17-40-15-3-5-20-48(40)50/h2-37,55-56,58-59,61-63H,60H2,1H3/b46-38+. The number of hydrogen-bond donors (Lipinski definition) is 4. The fourth-order valence-electron chi connectivity index (χ4n) is 9.80. The monoisotopic (exact) mass is 812 g/mol. The molecule has 2 aliphatic carbocycles. The lowest BCUT2D eigenvalue weighted by Gasteiger charge is -2.36. The van der Waals surface area contributed by atoms with E-state index in [1.165, 1.54) is 88.0 Å². The van der Waals surface area contributed by atoms with Crippen molar-refractivity contribution in [1.82, 2.24) is 16.0 Å². The lowest BCUT2D eigenvalue weighted by molar-refractivity contribution is 0.460. The fraction of sp³-hybridized carbons (Fsp3) is 0.0847. The van der Waals surface area contributed by atoms with E-state index in [1.807, 2.05) is 0 Å². The molecule has 4 nitrogen and oxygen atoms in total. The van der Waals surface area contributed by atoms with E-state index in [0.29, 0.717) is 0 Å². The molecule has 8 aromatic rings. The van der Waals surface area contributed by atoms with Crippen molar-refractivity contribution < 1.29 is 0 Å². The summed E-state index contributed by atoms with van der Waals surface area (Å²) in [6.45, 7) is 2.24. The zero-order valence-electron chi connectivity index (χ0n) is 35.2. The molecule has 0 bridgehead atoms. The molecule has 5 N–H and O–H groups in total. The summed E-state index contributed by atoms with van der Waals surface area (Å²) in [6.07, 6.45) is 17.0. The first-order valence-corrected chi connectivity index (χ1v) is 21.9. The van der Waals surface area contributed by atoms with E-state index in [4.69, 9.17) is 5.73 Å². The Morgan fingerprint density at radius 1 is 0.540 bits per heavy atom. The lowest BCUT2D eigenvalue weighted by Crippen LogP contribution is -2.45. The van der Waals surface area contributed by atoms with Crippen LogP contribution in [0.15, 0.2) is 230 Å². The minimum atomic E-state index is -0.359. The van der Waals surface area contributed by atoms with Gasteiger partial charge < -0.3 is 11.1 Å². The summed E-state index contributed by atoms with van der Waals surface area (Å²) in [4.78, 5) is 0. The Balaban J connectivity index is 0.888. The van der Waals surface area contributed by atoms with E-state index in [9.17, 15) is 0 Å². The minimum Gasteiger partial charge on any atom is -0.365 e. The van der Waals surface area contributed by atoms with Crippen molar-refractivity contribution in [2.45, 2.75) is 31.3 Å². The summed E-state index contributed by atoms with van der Waals surface area (Å²) < 4.78 is 0. The molecule has 304 valence electrons. The second-order valence-electron chi connectivity index (χ2n) is 16.7. The van der Waals surface area contributed by atoms with E-state index >= 15 is 0 Å². The molecule has 1 heterocycles. The van der Waals surface area contributed by atoms with Crippen LogP contribution < -0.4 is 21.7 Å². The Morgan fingerprint density at radius 3 is 1.83 bits per heavy atom. The molecule has 0 radical (unpaired) electrons. The van der Waals surface area contributed by atoms with E-state index in [1.54, 1.807) is 0 Å². The molecule has 0 spiro atoms. The van der Waals surface area contributed by atoms with Gasteiger partial charge in [0.05, 0.1) is 18.2 Å². The molecule has 3 aliphatic rings. The normalized spacial score (nSPS) is 19.4. The predicted molar refractivity (Wildman–Crippen MR) is 265 cm³/mol. The van der Waals surface area contributed by atoms with Crippen molar-refractivity contribution in [1.29, 1.82) is 0 Å². The second kappa shape index (κ2) is 16.5. The third-order valence-corrected chi connectivity index (χ3v) is 13.1. The molecule has 63 heavy (non-hydrogen) atoms. The van der Waals surface area contributed by atoms with Crippen LogP contribution in [0.2, 0.25) is 0 Å². The van der Waals surface area contributed by atoms with Gasteiger partial charge in [-0.25, -0.2) is 0 Å². The van der Waals surface area contributed by atoms with Crippen LogP contribution in [0, 0.1) is 0 Å². The molecule has 0 fully saturated rings. The van der Waals surface area contributed by atoms with Crippen LogP contribution in [-0.4, -0.2) is 12.1 Å². The molecule has 4 heteroatoms. The van der Waals surface area contributed by atoms with Crippen LogP contribution in [0.5, 0.6) is 0 Å². The quantitative estimate of drug-likeness (QED) is 0.115. The first-order valence-electron chi connectivity index (χ1n) is 21.9. The van der Waals surface area contributed by atoms with E-state index < -0.39 is 0 Å². The average molecular weight is 813 g/mol.